The zero-order valence-electron chi connectivity index (χ0n) is 5.07. The van der Waals surface area contributed by atoms with Crippen molar-refractivity contribution in [2.45, 2.75) is 5.33 Å². The Labute approximate surface area is 85.4 Å². The first-order valence-electron chi connectivity index (χ1n) is 2.74. The molecule has 0 atom stereocenters. The van der Waals surface area contributed by atoms with Crippen molar-refractivity contribution in [2.75, 3.05) is 0 Å². The molecule has 0 nitrogen and oxygen atoms in total. The van der Waals surface area contributed by atoms with E-state index in [1.807, 2.05) is 6.07 Å². The van der Waals surface area contributed by atoms with Gasteiger partial charge in [-0.3, -0.25) is 0 Å². The van der Waals surface area contributed by atoms with E-state index in [2.05, 4.69) is 59.9 Å². The van der Waals surface area contributed by atoms with Crippen LogP contribution in [0, 0.1) is 0 Å². The second-order valence-corrected chi connectivity index (χ2v) is 4.15. The average Bonchev–Trinajstić information content (AvgIpc) is 1.95. The fourth-order valence-corrected chi connectivity index (χ4v) is 1.64. The van der Waals surface area contributed by atoms with Crippen LogP contribution in [0.25, 0.3) is 0 Å². The molecule has 1 rings (SSSR count). The molecule has 0 N–H and O–H groups in total. The molecule has 0 heterocycles. The maximum Gasteiger partial charge on any atom is 0.0320 e. The zero-order valence-corrected chi connectivity index (χ0v) is 9.83. The Balaban J connectivity index is 3.04. The van der Waals surface area contributed by atoms with Crippen LogP contribution in [-0.4, -0.2) is 0 Å². The Morgan fingerprint density at radius 1 is 1.10 bits per heavy atom. The van der Waals surface area contributed by atoms with Gasteiger partial charge in [-0.25, -0.2) is 0 Å². The average molecular weight is 329 g/mol. The van der Waals surface area contributed by atoms with Gasteiger partial charge in [-0.15, -0.1) is 0 Å². The van der Waals surface area contributed by atoms with Gasteiger partial charge in [0.2, 0.25) is 0 Å². The zero-order chi connectivity index (χ0) is 7.56. The molecular formula is C7H5Br3. The highest BCUT2D eigenvalue weighted by molar-refractivity contribution is 9.13. The number of rotatable bonds is 1. The van der Waals surface area contributed by atoms with Gasteiger partial charge >= 0.3 is 0 Å². The molecule has 0 bridgehead atoms. The van der Waals surface area contributed by atoms with E-state index in [9.17, 15) is 0 Å². The summed E-state index contributed by atoms with van der Waals surface area (Å²) in [6.45, 7) is 0. The molecule has 0 aliphatic rings. The number of benzene rings is 1. The van der Waals surface area contributed by atoms with E-state index in [-0.39, 0.29) is 0 Å². The minimum atomic E-state index is 0.902. The largest absolute Gasteiger partial charge is 0.0876 e. The van der Waals surface area contributed by atoms with Gasteiger partial charge in [0.25, 0.3) is 0 Å². The van der Waals surface area contributed by atoms with Gasteiger partial charge in [0, 0.05) is 14.3 Å². The third-order valence-corrected chi connectivity index (χ3v) is 3.67. The molecule has 1 aromatic carbocycles. The fraction of sp³-hybridized carbons (Fsp3) is 0.143. The summed E-state index contributed by atoms with van der Waals surface area (Å²) in [6, 6.07) is 6.18. The lowest BCUT2D eigenvalue weighted by Gasteiger charge is -1.97. The molecule has 0 radical (unpaired) electrons. The van der Waals surface area contributed by atoms with E-state index >= 15 is 0 Å². The summed E-state index contributed by atoms with van der Waals surface area (Å²) >= 11 is 10.2. The Bertz CT molecular complexity index is 232. The molecule has 54 valence electrons. The highest BCUT2D eigenvalue weighted by Gasteiger charge is 1.95. The predicted molar refractivity (Wildman–Crippen MR) is 54.5 cm³/mol. The molecule has 0 amide bonds. The number of hydrogen-bond donors (Lipinski definition) is 0. The molecule has 0 saturated heterocycles. The first-order valence-corrected chi connectivity index (χ1v) is 5.44. The molecule has 0 aliphatic heterocycles. The Hall–Kier alpha value is 0.660. The molecule has 0 saturated carbocycles. The molecule has 3 heteroatoms. The molecule has 10 heavy (non-hydrogen) atoms. The van der Waals surface area contributed by atoms with Gasteiger partial charge in [0.05, 0.1) is 0 Å². The summed E-state index contributed by atoms with van der Waals surface area (Å²) in [7, 11) is 0. The minimum absolute atomic E-state index is 0.902. The van der Waals surface area contributed by atoms with Crippen LogP contribution in [0.1, 0.15) is 5.56 Å². The summed E-state index contributed by atoms with van der Waals surface area (Å²) in [5.74, 6) is 0. The van der Waals surface area contributed by atoms with Gasteiger partial charge in [-0.1, -0.05) is 22.0 Å². The van der Waals surface area contributed by atoms with Crippen LogP contribution in [0.4, 0.5) is 0 Å². The van der Waals surface area contributed by atoms with Crippen LogP contribution < -0.4 is 0 Å². The van der Waals surface area contributed by atoms with Crippen molar-refractivity contribution in [1.82, 2.24) is 0 Å². The number of alkyl halides is 1. The lowest BCUT2D eigenvalue weighted by Crippen LogP contribution is -1.76. The highest BCUT2D eigenvalue weighted by atomic mass is 79.9. The fourth-order valence-electron chi connectivity index (χ4n) is 0.623. The summed E-state index contributed by atoms with van der Waals surface area (Å²) < 4.78 is 2.20. The van der Waals surface area contributed by atoms with E-state index in [1.54, 1.807) is 0 Å². The van der Waals surface area contributed by atoms with Crippen molar-refractivity contribution in [3.63, 3.8) is 0 Å². The molecule has 0 fully saturated rings. The monoisotopic (exact) mass is 326 g/mol. The molecule has 0 spiro atoms. The number of hydrogen-bond acceptors (Lipinski definition) is 0. The summed E-state index contributed by atoms with van der Waals surface area (Å²) in [5, 5.41) is 0.902. The molecule has 0 aromatic heterocycles. The molecular weight excluding hydrogens is 324 g/mol. The third kappa shape index (κ3) is 2.07. The van der Waals surface area contributed by atoms with Crippen LogP contribution in [0.15, 0.2) is 27.1 Å². The Morgan fingerprint density at radius 3 is 2.30 bits per heavy atom. The lowest BCUT2D eigenvalue weighted by atomic mass is 10.2. The van der Waals surface area contributed by atoms with E-state index in [0.29, 0.717) is 0 Å². The van der Waals surface area contributed by atoms with Gasteiger partial charge in [-0.05, 0) is 49.6 Å². The van der Waals surface area contributed by atoms with Crippen LogP contribution >= 0.6 is 47.8 Å². The summed E-state index contributed by atoms with van der Waals surface area (Å²) in [5.41, 5.74) is 1.27. The highest BCUT2D eigenvalue weighted by Crippen LogP contribution is 2.24. The van der Waals surface area contributed by atoms with Crippen LogP contribution in [0.3, 0.4) is 0 Å². The molecule has 1 aromatic rings. The normalized spacial score (nSPS) is 9.90. The standard InChI is InChI=1S/C7H5Br3/c8-4-5-1-2-6(9)7(10)3-5/h1-3H,4H2. The quantitative estimate of drug-likeness (QED) is 0.681. The van der Waals surface area contributed by atoms with E-state index in [0.717, 1.165) is 14.3 Å². The first kappa shape index (κ1) is 8.75. The molecule has 0 aliphatic carbocycles. The van der Waals surface area contributed by atoms with Crippen molar-refractivity contribution in [2.24, 2.45) is 0 Å². The van der Waals surface area contributed by atoms with Crippen molar-refractivity contribution in [3.05, 3.63) is 32.7 Å². The lowest BCUT2D eigenvalue weighted by molar-refractivity contribution is 1.40. The Morgan fingerprint density at radius 2 is 1.80 bits per heavy atom. The second kappa shape index (κ2) is 3.88. The summed E-state index contributed by atoms with van der Waals surface area (Å²) in [4.78, 5) is 0. The van der Waals surface area contributed by atoms with Crippen molar-refractivity contribution in [1.29, 1.82) is 0 Å². The van der Waals surface area contributed by atoms with Crippen molar-refractivity contribution >= 4 is 47.8 Å². The molecule has 0 unspecified atom stereocenters. The van der Waals surface area contributed by atoms with E-state index < -0.39 is 0 Å². The van der Waals surface area contributed by atoms with Gasteiger partial charge in [-0.2, -0.15) is 0 Å². The third-order valence-electron chi connectivity index (χ3n) is 1.14. The van der Waals surface area contributed by atoms with Gasteiger partial charge in [0.1, 0.15) is 0 Å². The maximum atomic E-state index is 3.42. The van der Waals surface area contributed by atoms with Crippen LogP contribution in [-0.2, 0) is 5.33 Å². The van der Waals surface area contributed by atoms with E-state index in [4.69, 9.17) is 0 Å². The van der Waals surface area contributed by atoms with Crippen LogP contribution in [0.5, 0.6) is 0 Å². The van der Waals surface area contributed by atoms with Crippen LogP contribution in [0.2, 0.25) is 0 Å². The predicted octanol–water partition coefficient (Wildman–Crippen LogP) is 4.11. The Kier molecular flexibility index (Phi) is 3.40. The maximum absolute atomic E-state index is 3.42. The smallest absolute Gasteiger partial charge is 0.0320 e. The van der Waals surface area contributed by atoms with E-state index in [1.165, 1.54) is 5.56 Å². The number of halogens is 3. The second-order valence-electron chi connectivity index (χ2n) is 1.88. The summed E-state index contributed by atoms with van der Waals surface area (Å²) in [6.07, 6.45) is 0. The van der Waals surface area contributed by atoms with Crippen molar-refractivity contribution < 1.29 is 0 Å². The topological polar surface area (TPSA) is 0 Å². The van der Waals surface area contributed by atoms with Gasteiger partial charge in [0.15, 0.2) is 0 Å². The minimum Gasteiger partial charge on any atom is -0.0876 e. The van der Waals surface area contributed by atoms with Crippen molar-refractivity contribution in [3.8, 4) is 0 Å². The van der Waals surface area contributed by atoms with Gasteiger partial charge < -0.3 is 0 Å². The first-order chi connectivity index (χ1) is 4.74. The SMILES string of the molecule is BrCc1ccc(Br)c(Br)c1.